The van der Waals surface area contributed by atoms with Crippen molar-refractivity contribution >= 4 is 36.0 Å². The largest absolute Gasteiger partial charge is 0.573 e. The van der Waals surface area contributed by atoms with Crippen molar-refractivity contribution in [1.82, 2.24) is 14.8 Å². The minimum Gasteiger partial charge on any atom is -0.465 e. The van der Waals surface area contributed by atoms with Crippen LogP contribution in [-0.2, 0) is 14.2 Å². The van der Waals surface area contributed by atoms with Crippen molar-refractivity contribution in [3.63, 3.8) is 0 Å². The minimum atomic E-state index is -4.80. The monoisotopic (exact) mass is 604 g/mol. The third-order valence-corrected chi connectivity index (χ3v) is 5.09. The number of esters is 1. The Labute approximate surface area is 245 Å². The van der Waals surface area contributed by atoms with E-state index >= 15 is 0 Å². The number of alkyl halides is 3. The number of hydrogen-bond donors (Lipinski definition) is 0. The molecule has 0 atom stereocenters. The van der Waals surface area contributed by atoms with Crippen molar-refractivity contribution in [1.29, 1.82) is 0 Å². The lowest BCUT2D eigenvalue weighted by Crippen LogP contribution is -2.44. The lowest BCUT2D eigenvalue weighted by Gasteiger charge is -2.29. The number of halogens is 3. The first-order valence-electron chi connectivity index (χ1n) is 12.8. The zero-order chi connectivity index (χ0) is 32.2. The number of carbonyl (C=O) groups is 3. The van der Waals surface area contributed by atoms with Gasteiger partial charge in [-0.1, -0.05) is 12.1 Å². The van der Waals surface area contributed by atoms with Crippen LogP contribution in [0.2, 0.25) is 0 Å². The Morgan fingerprint density at radius 1 is 0.860 bits per heavy atom. The van der Waals surface area contributed by atoms with E-state index < -0.39 is 35.7 Å². The summed E-state index contributed by atoms with van der Waals surface area (Å²) in [6.45, 7) is 9.75. The number of hydrogen-bond acceptors (Lipinski definition) is 9. The Kier molecular flexibility index (Phi) is 9.52. The maximum absolute atomic E-state index is 13.1. The molecule has 0 N–H and O–H groups in total. The number of benzene rings is 2. The Balaban J connectivity index is 1.92. The molecule has 0 saturated carbocycles. The highest BCUT2D eigenvalue weighted by atomic mass is 19.4. The molecule has 0 radical (unpaired) electrons. The van der Waals surface area contributed by atoms with Crippen LogP contribution in [0.3, 0.4) is 0 Å². The van der Waals surface area contributed by atoms with E-state index in [2.05, 4.69) is 14.8 Å². The second-order valence-corrected chi connectivity index (χ2v) is 11.0. The van der Waals surface area contributed by atoms with E-state index in [-0.39, 0.29) is 22.8 Å². The second-order valence-electron chi connectivity index (χ2n) is 11.0. The summed E-state index contributed by atoms with van der Waals surface area (Å²) in [6, 6.07) is 9.36. The van der Waals surface area contributed by atoms with E-state index in [1.54, 1.807) is 47.6 Å². The molecule has 0 aliphatic heterocycles. The summed E-state index contributed by atoms with van der Waals surface area (Å²) < 4.78 is 58.1. The van der Waals surface area contributed by atoms with Gasteiger partial charge in [0.25, 0.3) is 0 Å². The third kappa shape index (κ3) is 9.58. The first-order valence-corrected chi connectivity index (χ1v) is 12.8. The molecule has 43 heavy (non-hydrogen) atoms. The second kappa shape index (κ2) is 12.5. The molecule has 0 fully saturated rings. The Morgan fingerprint density at radius 2 is 1.44 bits per heavy atom. The normalized spacial score (nSPS) is 12.1. The summed E-state index contributed by atoms with van der Waals surface area (Å²) in [7, 11) is 1.15. The number of carbonyl (C=O) groups excluding carboxylic acids is 3. The highest BCUT2D eigenvalue weighted by Gasteiger charge is 2.35. The summed E-state index contributed by atoms with van der Waals surface area (Å²) in [5.74, 6) is -0.968. The number of amides is 2. The molecule has 0 saturated heterocycles. The number of rotatable bonds is 6. The maximum Gasteiger partial charge on any atom is 0.573 e. The van der Waals surface area contributed by atoms with E-state index in [9.17, 15) is 27.6 Å². The fourth-order valence-electron chi connectivity index (χ4n) is 3.46. The van der Waals surface area contributed by atoms with Crippen molar-refractivity contribution in [2.45, 2.75) is 59.1 Å². The van der Waals surface area contributed by atoms with Gasteiger partial charge in [-0.25, -0.2) is 24.0 Å². The van der Waals surface area contributed by atoms with Crippen molar-refractivity contribution in [3.05, 3.63) is 65.7 Å². The minimum absolute atomic E-state index is 0.118. The highest BCUT2D eigenvalue weighted by molar-refractivity contribution is 6.13. The van der Waals surface area contributed by atoms with Gasteiger partial charge >= 0.3 is 24.5 Å². The van der Waals surface area contributed by atoms with Gasteiger partial charge in [-0.3, -0.25) is 0 Å². The molecule has 0 unspecified atom stereocenters. The van der Waals surface area contributed by atoms with Crippen molar-refractivity contribution < 1.29 is 46.5 Å². The summed E-state index contributed by atoms with van der Waals surface area (Å²) in [6.07, 6.45) is -2.45. The van der Waals surface area contributed by atoms with Crippen LogP contribution in [0.4, 0.5) is 28.4 Å². The fraction of sp³-hybridized carbons (Fsp3) is 0.345. The average Bonchev–Trinajstić information content (AvgIpc) is 3.34. The molecular formula is C29H31F3N4O7. The van der Waals surface area contributed by atoms with Gasteiger partial charge in [-0.15, -0.1) is 18.3 Å². The number of aromatic nitrogens is 3. The summed E-state index contributed by atoms with van der Waals surface area (Å²) in [4.78, 5) is 43.8. The zero-order valence-corrected chi connectivity index (χ0v) is 24.6. The van der Waals surface area contributed by atoms with E-state index in [1.165, 1.54) is 47.4 Å². The maximum atomic E-state index is 13.1. The first kappa shape index (κ1) is 32.6. The molecule has 1 heterocycles. The fourth-order valence-corrected chi connectivity index (χ4v) is 3.46. The molecule has 230 valence electrons. The molecule has 0 bridgehead atoms. The smallest absolute Gasteiger partial charge is 0.465 e. The highest BCUT2D eigenvalue weighted by Crippen LogP contribution is 2.28. The molecule has 2 aromatic carbocycles. The van der Waals surface area contributed by atoms with Gasteiger partial charge in [-0.05, 0) is 89.6 Å². The number of nitrogens with zero attached hydrogens (tertiary/aromatic N) is 4. The predicted molar refractivity (Wildman–Crippen MR) is 150 cm³/mol. The topological polar surface area (TPSA) is 122 Å². The van der Waals surface area contributed by atoms with Crippen LogP contribution in [0.15, 0.2) is 48.8 Å². The Morgan fingerprint density at radius 3 is 1.95 bits per heavy atom. The van der Waals surface area contributed by atoms with Crippen molar-refractivity contribution in [3.8, 4) is 11.4 Å². The van der Waals surface area contributed by atoms with Gasteiger partial charge in [0, 0.05) is 0 Å². The number of imide groups is 1. The lowest BCUT2D eigenvalue weighted by atomic mass is 10.1. The lowest BCUT2D eigenvalue weighted by molar-refractivity contribution is -0.274. The number of methoxy groups -OCH3 is 1. The van der Waals surface area contributed by atoms with Crippen LogP contribution < -0.4 is 9.64 Å². The molecule has 14 heteroatoms. The summed E-state index contributed by atoms with van der Waals surface area (Å²) in [5.41, 5.74) is -1.26. The van der Waals surface area contributed by atoms with Crippen molar-refractivity contribution in [2.24, 2.45) is 0 Å². The van der Waals surface area contributed by atoms with Gasteiger partial charge in [0.05, 0.1) is 24.0 Å². The molecule has 0 aliphatic rings. The van der Waals surface area contributed by atoms with Gasteiger partial charge in [-0.2, -0.15) is 4.90 Å². The summed E-state index contributed by atoms with van der Waals surface area (Å²) in [5, 5.41) is 4.27. The van der Waals surface area contributed by atoms with Crippen molar-refractivity contribution in [2.75, 3.05) is 12.0 Å². The van der Waals surface area contributed by atoms with Crippen LogP contribution in [0.1, 0.15) is 63.3 Å². The molecule has 11 nitrogen and oxygen atoms in total. The Hall–Kier alpha value is -4.88. The van der Waals surface area contributed by atoms with Gasteiger partial charge < -0.3 is 18.9 Å². The molecule has 0 aliphatic carbocycles. The van der Waals surface area contributed by atoms with Crippen LogP contribution >= 0.6 is 0 Å². The molecular weight excluding hydrogens is 573 g/mol. The number of anilines is 1. The van der Waals surface area contributed by atoms with Crippen LogP contribution in [0.5, 0.6) is 5.75 Å². The van der Waals surface area contributed by atoms with Gasteiger partial charge in [0.15, 0.2) is 5.82 Å². The average molecular weight is 605 g/mol. The quantitative estimate of drug-likeness (QED) is 0.221. The van der Waals surface area contributed by atoms with Gasteiger partial charge in [0.1, 0.15) is 23.3 Å². The SMILES string of the molecule is COC(=O)c1cc(/C=C/c2ncn(-c3ccc(OC(F)(F)F)cc3)n2)ccc1N(C(=O)OC(C)(C)C)C(=O)OC(C)(C)C. The Bertz CT molecular complexity index is 1470. The first-order chi connectivity index (χ1) is 19.8. The molecule has 1 aromatic heterocycles. The van der Waals surface area contributed by atoms with E-state index in [0.29, 0.717) is 16.2 Å². The standard InChI is InChI=1S/C29H31F3N4O7/c1-27(2,3)42-25(38)36(26(39)43-28(4,5)6)22-14-8-18(16-21(22)24(37)40-7)9-15-23-33-17-35(34-23)19-10-12-20(13-11-19)41-29(30,31)32/h8-17H,1-7H3/b15-9+. The molecule has 2 amide bonds. The van der Waals surface area contributed by atoms with E-state index in [0.717, 1.165) is 19.2 Å². The third-order valence-electron chi connectivity index (χ3n) is 5.09. The van der Waals surface area contributed by atoms with Crippen LogP contribution in [0, 0.1) is 0 Å². The zero-order valence-electron chi connectivity index (χ0n) is 24.6. The van der Waals surface area contributed by atoms with Crippen LogP contribution in [0.25, 0.3) is 17.8 Å². The summed E-state index contributed by atoms with van der Waals surface area (Å²) >= 11 is 0. The molecule has 0 spiro atoms. The van der Waals surface area contributed by atoms with E-state index in [1.807, 2.05) is 0 Å². The van der Waals surface area contributed by atoms with E-state index in [4.69, 9.17) is 14.2 Å². The van der Waals surface area contributed by atoms with Gasteiger partial charge in [0.2, 0.25) is 0 Å². The van der Waals surface area contributed by atoms with Crippen LogP contribution in [-0.4, -0.2) is 57.6 Å². The molecule has 3 rings (SSSR count). The molecule has 3 aromatic rings. The predicted octanol–water partition coefficient (Wildman–Crippen LogP) is 6.80. The number of ether oxygens (including phenoxy) is 4.